The van der Waals surface area contributed by atoms with Crippen LogP contribution in [0.2, 0.25) is 0 Å². The summed E-state index contributed by atoms with van der Waals surface area (Å²) in [6.45, 7) is 4.67. The van der Waals surface area contributed by atoms with E-state index in [-0.39, 0.29) is 18.4 Å². The summed E-state index contributed by atoms with van der Waals surface area (Å²) in [6, 6.07) is 11.1. The Hall–Kier alpha value is -2.40. The van der Waals surface area contributed by atoms with Crippen molar-refractivity contribution in [1.29, 1.82) is 0 Å². The second-order valence-electron chi connectivity index (χ2n) is 5.62. The van der Waals surface area contributed by atoms with Gasteiger partial charge in [-0.25, -0.2) is 0 Å². The topological polar surface area (TPSA) is 71.5 Å². The number of hydrogen-bond donors (Lipinski definition) is 2. The van der Waals surface area contributed by atoms with Crippen molar-refractivity contribution < 1.29 is 14.6 Å². The summed E-state index contributed by atoms with van der Waals surface area (Å²) in [6.07, 6.45) is 1.68. The summed E-state index contributed by atoms with van der Waals surface area (Å²) in [7, 11) is 0. The predicted octanol–water partition coefficient (Wildman–Crippen LogP) is 2.33. The van der Waals surface area contributed by atoms with Crippen LogP contribution in [-0.4, -0.2) is 29.1 Å². The first kappa shape index (κ1) is 17.0. The summed E-state index contributed by atoms with van der Waals surface area (Å²) in [5.41, 5.74) is 2.43. The highest BCUT2D eigenvalue weighted by Crippen LogP contribution is 2.13. The molecule has 0 aliphatic rings. The fourth-order valence-corrected chi connectivity index (χ4v) is 1.94. The minimum absolute atomic E-state index is 0.0412. The molecular formula is C18H22N2O3. The van der Waals surface area contributed by atoms with Crippen molar-refractivity contribution in [3.05, 3.63) is 59.4 Å². The smallest absolute Gasteiger partial charge is 0.251 e. The first-order chi connectivity index (χ1) is 11.1. The average molecular weight is 314 g/mol. The standard InChI is InChI=1S/C18H22N2O3/c1-13(11-21)9-20-18(22)16-5-3-4-15(8-16)12-23-17-7-6-14(2)19-10-17/h3-8,10,13,21H,9,11-12H2,1-2H3,(H,20,22). The van der Waals surface area contributed by atoms with E-state index in [9.17, 15) is 4.79 Å². The Balaban J connectivity index is 1.93. The van der Waals surface area contributed by atoms with Crippen LogP contribution in [0.1, 0.15) is 28.5 Å². The SMILES string of the molecule is Cc1ccc(OCc2cccc(C(=O)NCC(C)CO)c2)cn1. The molecular weight excluding hydrogens is 292 g/mol. The zero-order valence-electron chi connectivity index (χ0n) is 13.5. The van der Waals surface area contributed by atoms with Crippen molar-refractivity contribution in [3.63, 3.8) is 0 Å². The van der Waals surface area contributed by atoms with E-state index in [1.54, 1.807) is 18.3 Å². The normalized spacial score (nSPS) is 11.8. The largest absolute Gasteiger partial charge is 0.487 e. The predicted molar refractivity (Wildman–Crippen MR) is 88.3 cm³/mol. The molecule has 0 fully saturated rings. The number of aliphatic hydroxyl groups excluding tert-OH is 1. The third-order valence-electron chi connectivity index (χ3n) is 3.40. The molecule has 0 saturated carbocycles. The Labute approximate surface area is 136 Å². The van der Waals surface area contributed by atoms with Gasteiger partial charge in [-0.15, -0.1) is 0 Å². The van der Waals surface area contributed by atoms with Crippen LogP contribution in [0, 0.1) is 12.8 Å². The average Bonchev–Trinajstić information content (AvgIpc) is 2.59. The Morgan fingerprint density at radius 2 is 2.17 bits per heavy atom. The number of carbonyl (C=O) groups is 1. The van der Waals surface area contributed by atoms with E-state index < -0.39 is 0 Å². The Morgan fingerprint density at radius 1 is 1.35 bits per heavy atom. The number of carbonyl (C=O) groups excluding carboxylic acids is 1. The van der Waals surface area contributed by atoms with Crippen molar-refractivity contribution >= 4 is 5.91 Å². The zero-order valence-corrected chi connectivity index (χ0v) is 13.5. The summed E-state index contributed by atoms with van der Waals surface area (Å²) in [5, 5.41) is 11.8. The van der Waals surface area contributed by atoms with E-state index in [4.69, 9.17) is 9.84 Å². The fraction of sp³-hybridized carbons (Fsp3) is 0.333. The maximum atomic E-state index is 12.1. The number of aryl methyl sites for hydroxylation is 1. The molecule has 0 radical (unpaired) electrons. The van der Waals surface area contributed by atoms with Crippen molar-refractivity contribution in [1.82, 2.24) is 10.3 Å². The number of nitrogens with zero attached hydrogens (tertiary/aromatic N) is 1. The number of pyridine rings is 1. The number of benzene rings is 1. The van der Waals surface area contributed by atoms with Gasteiger partial charge in [0, 0.05) is 24.4 Å². The number of aromatic nitrogens is 1. The van der Waals surface area contributed by atoms with E-state index in [0.717, 1.165) is 11.3 Å². The Bertz CT molecular complexity index is 641. The van der Waals surface area contributed by atoms with E-state index >= 15 is 0 Å². The molecule has 0 aliphatic carbocycles. The molecule has 0 saturated heterocycles. The summed E-state index contributed by atoms with van der Waals surface area (Å²) in [5.74, 6) is 0.589. The summed E-state index contributed by atoms with van der Waals surface area (Å²) in [4.78, 5) is 16.3. The highest BCUT2D eigenvalue weighted by Gasteiger charge is 2.08. The highest BCUT2D eigenvalue weighted by molar-refractivity contribution is 5.94. The lowest BCUT2D eigenvalue weighted by Crippen LogP contribution is -2.29. The lowest BCUT2D eigenvalue weighted by molar-refractivity contribution is 0.0942. The van der Waals surface area contributed by atoms with Crippen LogP contribution in [-0.2, 0) is 6.61 Å². The number of nitrogens with one attached hydrogen (secondary N) is 1. The molecule has 1 aromatic heterocycles. The van der Waals surface area contributed by atoms with Crippen molar-refractivity contribution in [2.75, 3.05) is 13.2 Å². The third-order valence-corrected chi connectivity index (χ3v) is 3.40. The second kappa shape index (κ2) is 8.29. The van der Waals surface area contributed by atoms with Crippen LogP contribution >= 0.6 is 0 Å². The molecule has 5 heteroatoms. The van der Waals surface area contributed by atoms with Gasteiger partial charge in [-0.05, 0) is 42.7 Å². The first-order valence-corrected chi connectivity index (χ1v) is 7.62. The van der Waals surface area contributed by atoms with E-state index in [1.807, 2.05) is 38.1 Å². The van der Waals surface area contributed by atoms with E-state index in [0.29, 0.717) is 24.5 Å². The van der Waals surface area contributed by atoms with E-state index in [1.165, 1.54) is 0 Å². The maximum Gasteiger partial charge on any atom is 0.251 e. The monoisotopic (exact) mass is 314 g/mol. The van der Waals surface area contributed by atoms with Crippen LogP contribution < -0.4 is 10.1 Å². The number of hydrogen-bond acceptors (Lipinski definition) is 4. The maximum absolute atomic E-state index is 12.1. The first-order valence-electron chi connectivity index (χ1n) is 7.62. The number of aliphatic hydroxyl groups is 1. The van der Waals surface area contributed by atoms with Gasteiger partial charge in [-0.2, -0.15) is 0 Å². The van der Waals surface area contributed by atoms with Crippen molar-refractivity contribution in [2.24, 2.45) is 5.92 Å². The van der Waals surface area contributed by atoms with Crippen LogP contribution in [0.25, 0.3) is 0 Å². The molecule has 0 bridgehead atoms. The van der Waals surface area contributed by atoms with Gasteiger partial charge in [0.05, 0.1) is 6.20 Å². The van der Waals surface area contributed by atoms with Gasteiger partial charge in [0.1, 0.15) is 12.4 Å². The third kappa shape index (κ3) is 5.38. The van der Waals surface area contributed by atoms with Gasteiger partial charge in [0.15, 0.2) is 0 Å². The van der Waals surface area contributed by atoms with Crippen LogP contribution in [0.4, 0.5) is 0 Å². The summed E-state index contributed by atoms with van der Waals surface area (Å²) < 4.78 is 5.67. The number of amides is 1. The van der Waals surface area contributed by atoms with Crippen molar-refractivity contribution in [3.8, 4) is 5.75 Å². The quantitative estimate of drug-likeness (QED) is 0.823. The van der Waals surface area contributed by atoms with Gasteiger partial charge >= 0.3 is 0 Å². The molecule has 1 aromatic carbocycles. The molecule has 122 valence electrons. The molecule has 2 aromatic rings. The Morgan fingerprint density at radius 3 is 2.87 bits per heavy atom. The van der Waals surface area contributed by atoms with Gasteiger partial charge in [0.25, 0.3) is 5.91 Å². The molecule has 1 heterocycles. The zero-order chi connectivity index (χ0) is 16.7. The molecule has 1 atom stereocenters. The van der Waals surface area contributed by atoms with Crippen LogP contribution in [0.15, 0.2) is 42.6 Å². The van der Waals surface area contributed by atoms with Gasteiger partial charge in [-0.1, -0.05) is 19.1 Å². The second-order valence-corrected chi connectivity index (χ2v) is 5.62. The molecule has 2 N–H and O–H groups in total. The molecule has 0 aliphatic heterocycles. The number of ether oxygens (including phenoxy) is 1. The van der Waals surface area contributed by atoms with Gasteiger partial charge < -0.3 is 15.2 Å². The molecule has 1 amide bonds. The lowest BCUT2D eigenvalue weighted by Gasteiger charge is -2.11. The van der Waals surface area contributed by atoms with Crippen molar-refractivity contribution in [2.45, 2.75) is 20.5 Å². The molecule has 5 nitrogen and oxygen atoms in total. The molecule has 23 heavy (non-hydrogen) atoms. The van der Waals surface area contributed by atoms with Crippen LogP contribution in [0.5, 0.6) is 5.75 Å². The lowest BCUT2D eigenvalue weighted by atomic mass is 10.1. The fourth-order valence-electron chi connectivity index (χ4n) is 1.94. The van der Waals surface area contributed by atoms with Gasteiger partial charge in [0.2, 0.25) is 0 Å². The minimum Gasteiger partial charge on any atom is -0.487 e. The summed E-state index contributed by atoms with van der Waals surface area (Å²) >= 11 is 0. The number of rotatable bonds is 7. The van der Waals surface area contributed by atoms with E-state index in [2.05, 4.69) is 10.3 Å². The van der Waals surface area contributed by atoms with Crippen LogP contribution in [0.3, 0.4) is 0 Å². The molecule has 1 unspecified atom stereocenters. The Kier molecular flexibility index (Phi) is 6.11. The van der Waals surface area contributed by atoms with Gasteiger partial charge in [-0.3, -0.25) is 9.78 Å². The minimum atomic E-state index is -0.149. The highest BCUT2D eigenvalue weighted by atomic mass is 16.5. The molecule has 2 rings (SSSR count). The molecule has 0 spiro atoms.